The number of morpholine rings is 1. The molecule has 0 saturated carbocycles. The van der Waals surface area contributed by atoms with E-state index in [4.69, 9.17) is 9.47 Å². The molecule has 0 unspecified atom stereocenters. The minimum absolute atomic E-state index is 0.0396. The van der Waals surface area contributed by atoms with Crippen molar-refractivity contribution < 1.29 is 32.6 Å². The highest BCUT2D eigenvalue weighted by atomic mass is 32.2. The fraction of sp³-hybridized carbons (Fsp3) is 0.407. The molecule has 9 nitrogen and oxygen atoms in total. The summed E-state index contributed by atoms with van der Waals surface area (Å²) in [6, 6.07) is 12.5. The molecule has 2 aliphatic heterocycles. The van der Waals surface area contributed by atoms with Crippen LogP contribution in [0, 0.1) is 0 Å². The van der Waals surface area contributed by atoms with E-state index in [9.17, 15) is 23.1 Å². The second-order valence-electron chi connectivity index (χ2n) is 9.35. The summed E-state index contributed by atoms with van der Waals surface area (Å²) in [5, 5.41) is 11.2. The van der Waals surface area contributed by atoms with E-state index in [-0.39, 0.29) is 48.0 Å². The normalized spacial score (nSPS) is 20.6. The number of hydrogen-bond donors (Lipinski definition) is 1. The van der Waals surface area contributed by atoms with Crippen LogP contribution in [0.2, 0.25) is 0 Å². The van der Waals surface area contributed by atoms with Gasteiger partial charge in [-0.25, -0.2) is 8.42 Å². The number of rotatable bonds is 8. The Morgan fingerprint density at radius 1 is 1.05 bits per heavy atom. The third-order valence-electron chi connectivity index (χ3n) is 6.73. The van der Waals surface area contributed by atoms with Gasteiger partial charge in [0.15, 0.2) is 0 Å². The van der Waals surface area contributed by atoms with Crippen molar-refractivity contribution in [3.8, 4) is 0 Å². The number of likely N-dealkylation sites (tertiary alicyclic amines) is 1. The quantitative estimate of drug-likeness (QED) is 0.318. The average molecular weight is 529 g/mol. The Labute approximate surface area is 217 Å². The first-order chi connectivity index (χ1) is 17.7. The van der Waals surface area contributed by atoms with Crippen LogP contribution in [-0.4, -0.2) is 81.0 Å². The number of hydrogen-bond acceptors (Lipinski definition) is 7. The van der Waals surface area contributed by atoms with Crippen LogP contribution in [0.4, 0.5) is 0 Å². The summed E-state index contributed by atoms with van der Waals surface area (Å²) in [4.78, 5) is 27.6. The van der Waals surface area contributed by atoms with Gasteiger partial charge in [0, 0.05) is 32.3 Å². The largest absolute Gasteiger partial charge is 0.507 e. The molecule has 2 saturated heterocycles. The van der Waals surface area contributed by atoms with Gasteiger partial charge in [0.25, 0.3) is 11.7 Å². The van der Waals surface area contributed by atoms with Gasteiger partial charge >= 0.3 is 0 Å². The van der Waals surface area contributed by atoms with Gasteiger partial charge in [-0.3, -0.25) is 9.59 Å². The van der Waals surface area contributed by atoms with Crippen LogP contribution in [0.1, 0.15) is 42.5 Å². The topological polar surface area (TPSA) is 113 Å². The number of methoxy groups -OCH3 is 1. The fourth-order valence-corrected chi connectivity index (χ4v) is 5.99. The summed E-state index contributed by atoms with van der Waals surface area (Å²) in [5.41, 5.74) is 2.00. The molecule has 198 valence electrons. The van der Waals surface area contributed by atoms with E-state index in [0.29, 0.717) is 24.7 Å². The Bertz CT molecular complexity index is 1280. The Kier molecular flexibility index (Phi) is 8.13. The number of carbonyl (C=O) groups excluding carboxylic acids is 2. The minimum Gasteiger partial charge on any atom is -0.507 e. The number of nitrogens with zero attached hydrogens (tertiary/aromatic N) is 2. The summed E-state index contributed by atoms with van der Waals surface area (Å²) in [7, 11) is -2.21. The standard InChI is InChI=1S/C27H32N2O7S/c1-18(2)19-4-6-20(7-5-19)24-23(26(31)27(32)29(24)14-15-35-3)25(30)21-8-10-22(11-9-21)37(33,34)28-12-16-36-17-13-28/h4-11,18,24,30H,12-17H2,1-3H3/t24-/m1/s1. The number of carbonyl (C=O) groups is 2. The van der Waals surface area contributed by atoms with E-state index in [2.05, 4.69) is 13.8 Å². The molecule has 2 fully saturated rings. The van der Waals surface area contributed by atoms with Gasteiger partial charge in [-0.05, 0) is 41.3 Å². The zero-order chi connectivity index (χ0) is 26.7. The molecule has 2 aliphatic rings. The van der Waals surface area contributed by atoms with Crippen molar-refractivity contribution in [2.24, 2.45) is 0 Å². The minimum atomic E-state index is -3.71. The predicted molar refractivity (Wildman–Crippen MR) is 137 cm³/mol. The maximum absolute atomic E-state index is 13.1. The average Bonchev–Trinajstić information content (AvgIpc) is 3.17. The lowest BCUT2D eigenvalue weighted by Gasteiger charge is -2.26. The van der Waals surface area contributed by atoms with Crippen molar-refractivity contribution in [1.82, 2.24) is 9.21 Å². The highest BCUT2D eigenvalue weighted by molar-refractivity contribution is 7.89. The maximum atomic E-state index is 13.1. The molecule has 0 bridgehead atoms. The van der Waals surface area contributed by atoms with Gasteiger partial charge in [-0.15, -0.1) is 0 Å². The molecule has 0 aliphatic carbocycles. The lowest BCUT2D eigenvalue weighted by molar-refractivity contribution is -0.140. The molecular formula is C27H32N2O7S. The van der Waals surface area contributed by atoms with Crippen LogP contribution in [0.3, 0.4) is 0 Å². The molecule has 0 aromatic heterocycles. The summed E-state index contributed by atoms with van der Waals surface area (Å²) in [6.07, 6.45) is 0. The van der Waals surface area contributed by atoms with Crippen LogP contribution in [0.15, 0.2) is 59.0 Å². The molecule has 2 aromatic carbocycles. The first-order valence-electron chi connectivity index (χ1n) is 12.2. The molecule has 1 atom stereocenters. The first-order valence-corrected chi connectivity index (χ1v) is 13.7. The zero-order valence-electron chi connectivity index (χ0n) is 21.2. The molecule has 10 heteroatoms. The molecule has 37 heavy (non-hydrogen) atoms. The van der Waals surface area contributed by atoms with Crippen molar-refractivity contribution in [3.05, 3.63) is 70.8 Å². The molecule has 4 rings (SSSR count). The molecule has 0 radical (unpaired) electrons. The molecular weight excluding hydrogens is 496 g/mol. The number of aliphatic hydroxyl groups excluding tert-OH is 1. The van der Waals surface area contributed by atoms with Crippen molar-refractivity contribution in [3.63, 3.8) is 0 Å². The number of ketones is 1. The summed E-state index contributed by atoms with van der Waals surface area (Å²) in [5.74, 6) is -1.56. The van der Waals surface area contributed by atoms with Crippen molar-refractivity contribution >= 4 is 27.5 Å². The first kappa shape index (κ1) is 27.0. The van der Waals surface area contributed by atoms with Gasteiger partial charge in [0.1, 0.15) is 5.76 Å². The van der Waals surface area contributed by atoms with E-state index in [1.807, 2.05) is 24.3 Å². The maximum Gasteiger partial charge on any atom is 0.295 e. The van der Waals surface area contributed by atoms with Gasteiger partial charge in [0.2, 0.25) is 10.0 Å². The van der Waals surface area contributed by atoms with Crippen molar-refractivity contribution in [1.29, 1.82) is 0 Å². The van der Waals surface area contributed by atoms with Gasteiger partial charge in [-0.2, -0.15) is 4.31 Å². The highest BCUT2D eigenvalue weighted by Crippen LogP contribution is 2.39. The number of Topliss-reactive ketones (excluding diaryl/α,β-unsaturated/α-hetero) is 1. The third kappa shape index (κ3) is 5.33. The molecule has 0 spiro atoms. The summed E-state index contributed by atoms with van der Waals surface area (Å²) >= 11 is 0. The van der Waals surface area contributed by atoms with E-state index in [1.54, 1.807) is 0 Å². The Hall–Kier alpha value is -3.05. The monoisotopic (exact) mass is 528 g/mol. The summed E-state index contributed by atoms with van der Waals surface area (Å²) < 4.78 is 37.6. The van der Waals surface area contributed by atoms with E-state index in [1.165, 1.54) is 40.6 Å². The van der Waals surface area contributed by atoms with E-state index >= 15 is 0 Å². The number of aliphatic hydroxyl groups is 1. The van der Waals surface area contributed by atoms with Crippen LogP contribution in [0.25, 0.3) is 5.76 Å². The molecule has 1 N–H and O–H groups in total. The van der Waals surface area contributed by atoms with E-state index in [0.717, 1.165) is 5.56 Å². The van der Waals surface area contributed by atoms with Crippen molar-refractivity contribution in [2.45, 2.75) is 30.7 Å². The fourth-order valence-electron chi connectivity index (χ4n) is 4.59. The Morgan fingerprint density at radius 2 is 1.68 bits per heavy atom. The highest BCUT2D eigenvalue weighted by Gasteiger charge is 2.45. The number of benzene rings is 2. The number of amides is 1. The van der Waals surface area contributed by atoms with E-state index < -0.39 is 27.8 Å². The second-order valence-corrected chi connectivity index (χ2v) is 11.3. The smallest absolute Gasteiger partial charge is 0.295 e. The molecule has 1 amide bonds. The predicted octanol–water partition coefficient (Wildman–Crippen LogP) is 2.90. The van der Waals surface area contributed by atoms with Gasteiger partial charge < -0.3 is 19.5 Å². The molecule has 2 aromatic rings. The molecule has 2 heterocycles. The second kappa shape index (κ2) is 11.1. The third-order valence-corrected chi connectivity index (χ3v) is 8.64. The zero-order valence-corrected chi connectivity index (χ0v) is 22.0. The van der Waals surface area contributed by atoms with Crippen LogP contribution in [0.5, 0.6) is 0 Å². The lowest BCUT2D eigenvalue weighted by atomic mass is 9.93. The van der Waals surface area contributed by atoms with Crippen molar-refractivity contribution in [2.75, 3.05) is 46.6 Å². The number of sulfonamides is 1. The SMILES string of the molecule is COCCN1C(=O)C(=O)C(=C(O)c2ccc(S(=O)(=O)N3CCOCC3)cc2)[C@H]1c1ccc(C(C)C)cc1. The van der Waals surface area contributed by atoms with Crippen LogP contribution >= 0.6 is 0 Å². The van der Waals surface area contributed by atoms with Crippen LogP contribution in [-0.2, 0) is 29.1 Å². The van der Waals surface area contributed by atoms with Crippen LogP contribution < -0.4 is 0 Å². The Balaban J connectivity index is 1.73. The lowest BCUT2D eigenvalue weighted by Crippen LogP contribution is -2.40. The number of ether oxygens (including phenoxy) is 2. The Morgan fingerprint density at radius 3 is 2.24 bits per heavy atom. The van der Waals surface area contributed by atoms with Gasteiger partial charge in [0.05, 0.1) is 36.3 Å². The summed E-state index contributed by atoms with van der Waals surface area (Å²) in [6.45, 7) is 5.74. The van der Waals surface area contributed by atoms with Gasteiger partial charge in [-0.1, -0.05) is 38.1 Å².